The molecule has 1 N–H and O–H groups in total. The van der Waals surface area contributed by atoms with Gasteiger partial charge in [0.2, 0.25) is 0 Å². The summed E-state index contributed by atoms with van der Waals surface area (Å²) >= 11 is 0. The van der Waals surface area contributed by atoms with Crippen molar-refractivity contribution in [1.82, 2.24) is 0 Å². The Hall–Kier alpha value is -0.820. The molecule has 0 radical (unpaired) electrons. The fourth-order valence-corrected chi connectivity index (χ4v) is 3.65. The SMILES string of the molecule is CC1CC(C)CC(C(O)C(C)c2ccccc2)C1. The van der Waals surface area contributed by atoms with Gasteiger partial charge in [0, 0.05) is 5.92 Å². The maximum atomic E-state index is 10.6. The van der Waals surface area contributed by atoms with Gasteiger partial charge in [-0.05, 0) is 42.6 Å². The Bertz CT molecular complexity index is 349. The van der Waals surface area contributed by atoms with Crippen LogP contribution in [0.5, 0.6) is 0 Å². The van der Waals surface area contributed by atoms with Crippen molar-refractivity contribution in [1.29, 1.82) is 0 Å². The number of benzene rings is 1. The molecule has 1 aromatic carbocycles. The molecule has 0 bridgehead atoms. The van der Waals surface area contributed by atoms with Gasteiger partial charge >= 0.3 is 0 Å². The second-order valence-electron chi connectivity index (χ2n) is 6.37. The van der Waals surface area contributed by atoms with E-state index >= 15 is 0 Å². The molecule has 0 aromatic heterocycles. The molecule has 4 atom stereocenters. The molecule has 1 aliphatic rings. The van der Waals surface area contributed by atoms with Gasteiger partial charge in [0.1, 0.15) is 0 Å². The molecule has 0 saturated heterocycles. The average Bonchev–Trinajstić information content (AvgIpc) is 2.37. The van der Waals surface area contributed by atoms with E-state index in [0.717, 1.165) is 11.8 Å². The lowest BCUT2D eigenvalue weighted by atomic mass is 9.71. The Morgan fingerprint density at radius 2 is 1.56 bits per heavy atom. The van der Waals surface area contributed by atoms with Crippen LogP contribution in [0.25, 0.3) is 0 Å². The van der Waals surface area contributed by atoms with Crippen molar-refractivity contribution >= 4 is 0 Å². The third-order valence-corrected chi connectivity index (χ3v) is 4.54. The van der Waals surface area contributed by atoms with Crippen molar-refractivity contribution in [2.75, 3.05) is 0 Å². The summed E-state index contributed by atoms with van der Waals surface area (Å²) in [5, 5.41) is 10.6. The van der Waals surface area contributed by atoms with E-state index < -0.39 is 0 Å². The van der Waals surface area contributed by atoms with Crippen LogP contribution in [0.4, 0.5) is 0 Å². The molecule has 1 heteroatoms. The Morgan fingerprint density at radius 1 is 1.00 bits per heavy atom. The fourth-order valence-electron chi connectivity index (χ4n) is 3.65. The molecule has 0 spiro atoms. The molecular weight excluding hydrogens is 220 g/mol. The summed E-state index contributed by atoms with van der Waals surface area (Å²) in [5.41, 5.74) is 1.26. The minimum atomic E-state index is -0.197. The van der Waals surface area contributed by atoms with E-state index in [9.17, 15) is 5.11 Å². The average molecular weight is 246 g/mol. The van der Waals surface area contributed by atoms with Crippen LogP contribution in [0.2, 0.25) is 0 Å². The highest BCUT2D eigenvalue weighted by molar-refractivity contribution is 5.20. The molecule has 1 saturated carbocycles. The fraction of sp³-hybridized carbons (Fsp3) is 0.647. The largest absolute Gasteiger partial charge is 0.392 e. The van der Waals surface area contributed by atoms with Crippen LogP contribution >= 0.6 is 0 Å². The number of hydrogen-bond acceptors (Lipinski definition) is 1. The first-order valence-corrected chi connectivity index (χ1v) is 7.31. The third kappa shape index (κ3) is 3.14. The zero-order valence-corrected chi connectivity index (χ0v) is 11.8. The molecule has 18 heavy (non-hydrogen) atoms. The number of rotatable bonds is 3. The van der Waals surface area contributed by atoms with Crippen LogP contribution in [0.15, 0.2) is 30.3 Å². The molecular formula is C17H26O. The minimum absolute atomic E-state index is 0.197. The Kier molecular flexibility index (Phi) is 4.45. The van der Waals surface area contributed by atoms with E-state index in [2.05, 4.69) is 45.0 Å². The summed E-state index contributed by atoms with van der Waals surface area (Å²) in [4.78, 5) is 0. The Balaban J connectivity index is 2.04. The normalized spacial score (nSPS) is 31.9. The minimum Gasteiger partial charge on any atom is -0.392 e. The summed E-state index contributed by atoms with van der Waals surface area (Å²) in [6.45, 7) is 6.80. The van der Waals surface area contributed by atoms with Gasteiger partial charge in [-0.15, -0.1) is 0 Å². The van der Waals surface area contributed by atoms with Crippen LogP contribution in [0.3, 0.4) is 0 Å². The first-order chi connectivity index (χ1) is 8.58. The highest BCUT2D eigenvalue weighted by Crippen LogP contribution is 2.38. The van der Waals surface area contributed by atoms with Crippen molar-refractivity contribution in [3.63, 3.8) is 0 Å². The second-order valence-corrected chi connectivity index (χ2v) is 6.37. The number of aliphatic hydroxyl groups excluding tert-OH is 1. The molecule has 1 fully saturated rings. The molecule has 2 rings (SSSR count). The standard InChI is InChI=1S/C17H26O/c1-12-9-13(2)11-16(10-12)17(18)14(3)15-7-5-4-6-8-15/h4-8,12-14,16-18H,9-11H2,1-3H3. The van der Waals surface area contributed by atoms with Gasteiger partial charge in [-0.2, -0.15) is 0 Å². The summed E-state index contributed by atoms with van der Waals surface area (Å²) in [6.07, 6.45) is 3.49. The van der Waals surface area contributed by atoms with Gasteiger partial charge in [-0.3, -0.25) is 0 Å². The van der Waals surface area contributed by atoms with Crippen LogP contribution in [-0.2, 0) is 0 Å². The van der Waals surface area contributed by atoms with Gasteiger partial charge in [0.05, 0.1) is 6.10 Å². The van der Waals surface area contributed by atoms with E-state index in [1.165, 1.54) is 24.8 Å². The van der Waals surface area contributed by atoms with Crippen LogP contribution in [0, 0.1) is 17.8 Å². The highest BCUT2D eigenvalue weighted by Gasteiger charge is 2.32. The first kappa shape index (κ1) is 13.6. The zero-order valence-electron chi connectivity index (χ0n) is 11.8. The van der Waals surface area contributed by atoms with Crippen molar-refractivity contribution in [3.05, 3.63) is 35.9 Å². The van der Waals surface area contributed by atoms with E-state index in [-0.39, 0.29) is 12.0 Å². The molecule has 1 aromatic rings. The Labute approximate surface area is 111 Å². The van der Waals surface area contributed by atoms with E-state index in [1.54, 1.807) is 0 Å². The molecule has 1 aliphatic carbocycles. The molecule has 0 amide bonds. The molecule has 100 valence electrons. The predicted molar refractivity (Wildman–Crippen MR) is 76.5 cm³/mol. The number of aliphatic hydroxyl groups is 1. The lowest BCUT2D eigenvalue weighted by molar-refractivity contribution is 0.0397. The van der Waals surface area contributed by atoms with Crippen LogP contribution in [-0.4, -0.2) is 11.2 Å². The molecule has 0 heterocycles. The van der Waals surface area contributed by atoms with Crippen molar-refractivity contribution < 1.29 is 5.11 Å². The topological polar surface area (TPSA) is 20.2 Å². The van der Waals surface area contributed by atoms with Crippen LogP contribution < -0.4 is 0 Å². The predicted octanol–water partition coefficient (Wildman–Crippen LogP) is 4.22. The third-order valence-electron chi connectivity index (χ3n) is 4.54. The summed E-state index contributed by atoms with van der Waals surface area (Å²) in [5.74, 6) is 2.24. The highest BCUT2D eigenvalue weighted by atomic mass is 16.3. The van der Waals surface area contributed by atoms with Gasteiger partial charge in [0.15, 0.2) is 0 Å². The van der Waals surface area contributed by atoms with E-state index in [1.807, 2.05) is 6.07 Å². The maximum Gasteiger partial charge on any atom is 0.0634 e. The van der Waals surface area contributed by atoms with Gasteiger partial charge in [-0.1, -0.05) is 51.1 Å². The Morgan fingerprint density at radius 3 is 2.11 bits per heavy atom. The first-order valence-electron chi connectivity index (χ1n) is 7.31. The second kappa shape index (κ2) is 5.88. The van der Waals surface area contributed by atoms with E-state index in [4.69, 9.17) is 0 Å². The molecule has 0 aliphatic heterocycles. The van der Waals surface area contributed by atoms with Gasteiger partial charge in [-0.25, -0.2) is 0 Å². The quantitative estimate of drug-likeness (QED) is 0.846. The lowest BCUT2D eigenvalue weighted by Crippen LogP contribution is -2.32. The summed E-state index contributed by atoms with van der Waals surface area (Å²) < 4.78 is 0. The van der Waals surface area contributed by atoms with Gasteiger partial charge in [0.25, 0.3) is 0 Å². The summed E-state index contributed by atoms with van der Waals surface area (Å²) in [7, 11) is 0. The van der Waals surface area contributed by atoms with Crippen molar-refractivity contribution in [2.24, 2.45) is 17.8 Å². The number of hydrogen-bond donors (Lipinski definition) is 1. The maximum absolute atomic E-state index is 10.6. The van der Waals surface area contributed by atoms with Crippen LogP contribution in [0.1, 0.15) is 51.5 Å². The molecule has 4 unspecified atom stereocenters. The smallest absolute Gasteiger partial charge is 0.0634 e. The summed E-state index contributed by atoms with van der Waals surface area (Å²) in [6, 6.07) is 10.4. The van der Waals surface area contributed by atoms with E-state index in [0.29, 0.717) is 5.92 Å². The van der Waals surface area contributed by atoms with Crippen molar-refractivity contribution in [3.8, 4) is 0 Å². The zero-order chi connectivity index (χ0) is 13.1. The molecule has 1 nitrogen and oxygen atoms in total. The van der Waals surface area contributed by atoms with Gasteiger partial charge < -0.3 is 5.11 Å². The monoisotopic (exact) mass is 246 g/mol. The van der Waals surface area contributed by atoms with Crippen molar-refractivity contribution in [2.45, 2.75) is 52.1 Å². The lowest BCUT2D eigenvalue weighted by Gasteiger charge is -2.36.